The Balaban J connectivity index is 0.000000561. The molecule has 0 unspecified atom stereocenters. The Kier molecular flexibility index (Phi) is 7.58. The molecule has 0 atom stereocenters. The fraction of sp³-hybridized carbons (Fsp3) is 1.00. The predicted octanol–water partition coefficient (Wildman–Crippen LogP) is 3.20. The Labute approximate surface area is 77.9 Å². The summed E-state index contributed by atoms with van der Waals surface area (Å²) in [5.74, 6) is 0.981. The maximum Gasteiger partial charge on any atom is 0.00671 e. The molecule has 1 aliphatic carbocycles. The van der Waals surface area contributed by atoms with Gasteiger partial charge in [-0.15, -0.1) is 0 Å². The van der Waals surface area contributed by atoms with Crippen LogP contribution in [0.1, 0.15) is 53.4 Å². The molecule has 1 nitrogen and oxygen atoms in total. The maximum absolute atomic E-state index is 3.50. The van der Waals surface area contributed by atoms with Crippen molar-refractivity contribution in [1.82, 2.24) is 5.32 Å². The first kappa shape index (κ1) is 12.0. The van der Waals surface area contributed by atoms with Crippen molar-refractivity contribution in [3.8, 4) is 0 Å². The van der Waals surface area contributed by atoms with Gasteiger partial charge in [-0.25, -0.2) is 0 Å². The van der Waals surface area contributed by atoms with Crippen LogP contribution in [0.15, 0.2) is 0 Å². The summed E-state index contributed by atoms with van der Waals surface area (Å²) in [6.07, 6.45) is 5.65. The first-order valence-corrected chi connectivity index (χ1v) is 5.56. The molecule has 0 spiro atoms. The molecule has 0 bridgehead atoms. The van der Waals surface area contributed by atoms with Gasteiger partial charge in [0.15, 0.2) is 0 Å². The van der Waals surface area contributed by atoms with Crippen molar-refractivity contribution in [2.45, 2.75) is 59.4 Å². The van der Waals surface area contributed by atoms with Crippen molar-refractivity contribution in [3.05, 3.63) is 0 Å². The summed E-state index contributed by atoms with van der Waals surface area (Å²) in [7, 11) is 0. The molecule has 0 aromatic heterocycles. The van der Waals surface area contributed by atoms with Gasteiger partial charge in [-0.2, -0.15) is 0 Å². The highest BCUT2D eigenvalue weighted by Gasteiger charge is 2.16. The number of hydrogen-bond donors (Lipinski definition) is 1. The van der Waals surface area contributed by atoms with Gasteiger partial charge in [-0.3, -0.25) is 0 Å². The zero-order valence-electron chi connectivity index (χ0n) is 9.19. The monoisotopic (exact) mass is 171 g/mol. The highest BCUT2D eigenvalue weighted by atomic mass is 14.9. The molecule has 1 heteroatoms. The van der Waals surface area contributed by atoms with Gasteiger partial charge in [0.1, 0.15) is 0 Å². The van der Waals surface area contributed by atoms with Crippen LogP contribution in [0.25, 0.3) is 0 Å². The summed E-state index contributed by atoms with van der Waals surface area (Å²) >= 11 is 0. The van der Waals surface area contributed by atoms with Gasteiger partial charge in [0.2, 0.25) is 0 Å². The van der Waals surface area contributed by atoms with E-state index >= 15 is 0 Å². The maximum atomic E-state index is 3.50. The third-order valence-electron chi connectivity index (χ3n) is 2.51. The predicted molar refractivity (Wildman–Crippen MR) is 56.4 cm³/mol. The molecule has 0 aliphatic heterocycles. The Morgan fingerprint density at radius 2 is 1.58 bits per heavy atom. The number of rotatable bonds is 2. The van der Waals surface area contributed by atoms with Crippen molar-refractivity contribution in [2.24, 2.45) is 5.92 Å². The van der Waals surface area contributed by atoms with E-state index in [1.807, 2.05) is 13.8 Å². The van der Waals surface area contributed by atoms with Crippen LogP contribution in [0.2, 0.25) is 0 Å². The normalized spacial score (nSPS) is 29.0. The number of nitrogens with one attached hydrogen (secondary N) is 1. The van der Waals surface area contributed by atoms with E-state index < -0.39 is 0 Å². The fourth-order valence-corrected chi connectivity index (χ4v) is 1.75. The first-order chi connectivity index (χ1) is 5.83. The SMILES string of the molecule is CC.CCNC1CCC(C)CC1. The molecule has 0 amide bonds. The van der Waals surface area contributed by atoms with Gasteiger partial charge in [0.05, 0.1) is 0 Å². The molecule has 1 N–H and O–H groups in total. The summed E-state index contributed by atoms with van der Waals surface area (Å²) in [5, 5.41) is 3.50. The molecule has 0 heterocycles. The summed E-state index contributed by atoms with van der Waals surface area (Å²) in [6.45, 7) is 9.69. The van der Waals surface area contributed by atoms with Crippen LogP contribution in [0.4, 0.5) is 0 Å². The molecule has 0 radical (unpaired) electrons. The van der Waals surface area contributed by atoms with Crippen molar-refractivity contribution in [1.29, 1.82) is 0 Å². The first-order valence-electron chi connectivity index (χ1n) is 5.56. The molecular formula is C11H25N. The van der Waals surface area contributed by atoms with E-state index in [9.17, 15) is 0 Å². The van der Waals surface area contributed by atoms with Crippen LogP contribution in [0.5, 0.6) is 0 Å². The van der Waals surface area contributed by atoms with Gasteiger partial charge in [-0.05, 0) is 38.1 Å². The average molecular weight is 171 g/mol. The zero-order valence-corrected chi connectivity index (χ0v) is 9.19. The fourth-order valence-electron chi connectivity index (χ4n) is 1.75. The topological polar surface area (TPSA) is 12.0 Å². The van der Waals surface area contributed by atoms with E-state index in [2.05, 4.69) is 19.2 Å². The van der Waals surface area contributed by atoms with Gasteiger partial charge in [-0.1, -0.05) is 27.7 Å². The molecule has 0 aromatic carbocycles. The second-order valence-electron chi connectivity index (χ2n) is 3.51. The minimum Gasteiger partial charge on any atom is -0.314 e. The smallest absolute Gasteiger partial charge is 0.00671 e. The van der Waals surface area contributed by atoms with Crippen LogP contribution < -0.4 is 5.32 Å². The van der Waals surface area contributed by atoms with Crippen LogP contribution in [-0.4, -0.2) is 12.6 Å². The summed E-state index contributed by atoms with van der Waals surface area (Å²) in [4.78, 5) is 0. The zero-order chi connectivity index (χ0) is 9.40. The largest absolute Gasteiger partial charge is 0.314 e. The summed E-state index contributed by atoms with van der Waals surface area (Å²) < 4.78 is 0. The Bertz CT molecular complexity index is 83.0. The second kappa shape index (κ2) is 7.60. The van der Waals surface area contributed by atoms with Crippen molar-refractivity contribution >= 4 is 0 Å². The Hall–Kier alpha value is -0.0400. The average Bonchev–Trinajstić information content (AvgIpc) is 2.13. The lowest BCUT2D eigenvalue weighted by atomic mass is 9.87. The highest BCUT2D eigenvalue weighted by Crippen LogP contribution is 2.22. The summed E-state index contributed by atoms with van der Waals surface area (Å²) in [5.41, 5.74) is 0. The van der Waals surface area contributed by atoms with Crippen LogP contribution in [0.3, 0.4) is 0 Å². The number of hydrogen-bond acceptors (Lipinski definition) is 1. The molecule has 1 saturated carbocycles. The van der Waals surface area contributed by atoms with E-state index in [0.717, 1.165) is 18.5 Å². The van der Waals surface area contributed by atoms with E-state index in [0.29, 0.717) is 0 Å². The van der Waals surface area contributed by atoms with Gasteiger partial charge < -0.3 is 5.32 Å². The molecule has 0 saturated heterocycles. The molecule has 1 fully saturated rings. The Morgan fingerprint density at radius 1 is 1.08 bits per heavy atom. The molecule has 0 aromatic rings. The van der Waals surface area contributed by atoms with Crippen molar-refractivity contribution < 1.29 is 0 Å². The van der Waals surface area contributed by atoms with E-state index in [1.165, 1.54) is 25.7 Å². The quantitative estimate of drug-likeness (QED) is 0.673. The molecule has 74 valence electrons. The Morgan fingerprint density at radius 3 is 2.00 bits per heavy atom. The molecular weight excluding hydrogens is 146 g/mol. The minimum absolute atomic E-state index is 0.834. The van der Waals surface area contributed by atoms with Gasteiger partial charge >= 0.3 is 0 Å². The second-order valence-corrected chi connectivity index (χ2v) is 3.51. The van der Waals surface area contributed by atoms with Crippen LogP contribution in [-0.2, 0) is 0 Å². The lowest BCUT2D eigenvalue weighted by Gasteiger charge is -2.26. The van der Waals surface area contributed by atoms with Crippen LogP contribution in [0, 0.1) is 5.92 Å². The minimum atomic E-state index is 0.834. The van der Waals surface area contributed by atoms with E-state index in [4.69, 9.17) is 0 Å². The summed E-state index contributed by atoms with van der Waals surface area (Å²) in [6, 6.07) is 0.834. The molecule has 1 rings (SSSR count). The van der Waals surface area contributed by atoms with Gasteiger partial charge in [0, 0.05) is 6.04 Å². The molecule has 12 heavy (non-hydrogen) atoms. The third-order valence-corrected chi connectivity index (χ3v) is 2.51. The lowest BCUT2D eigenvalue weighted by Crippen LogP contribution is -2.32. The van der Waals surface area contributed by atoms with E-state index in [-0.39, 0.29) is 0 Å². The lowest BCUT2D eigenvalue weighted by molar-refractivity contribution is 0.311. The van der Waals surface area contributed by atoms with E-state index in [1.54, 1.807) is 0 Å². The standard InChI is InChI=1S/C9H19N.C2H6/c1-3-10-9-6-4-8(2)5-7-9;1-2/h8-10H,3-7H2,1-2H3;1-2H3. The van der Waals surface area contributed by atoms with Crippen LogP contribution >= 0.6 is 0 Å². The van der Waals surface area contributed by atoms with Gasteiger partial charge in [0.25, 0.3) is 0 Å². The third kappa shape index (κ3) is 4.76. The molecule has 1 aliphatic rings. The highest BCUT2D eigenvalue weighted by molar-refractivity contribution is 4.74. The van der Waals surface area contributed by atoms with Crippen molar-refractivity contribution in [3.63, 3.8) is 0 Å². The van der Waals surface area contributed by atoms with Crippen molar-refractivity contribution in [2.75, 3.05) is 6.54 Å².